The molecule has 4 aliphatic heterocycles. The van der Waals surface area contributed by atoms with Gasteiger partial charge in [-0.25, -0.2) is 4.79 Å². The van der Waals surface area contributed by atoms with Crippen LogP contribution in [0, 0.1) is 0 Å². The Morgan fingerprint density at radius 3 is 1.75 bits per heavy atom. The van der Waals surface area contributed by atoms with Gasteiger partial charge in [0.15, 0.2) is 25.0 Å². The number of nitrogens with zero attached hydrogens (tertiary/aromatic N) is 1. The average Bonchev–Trinajstić information content (AvgIpc) is 3.64. The standard InChI is InChI=1S/C49H51NO11/c1-52-48-45(55-30-36-23-13-5-14-24-36)44(42-39(58-48)32-56-46(59-42)37-25-15-6-16-26-37)60-47-40-43(61-49(51)50(40)27-33-17-7-2-8-18-33)41(54-29-35-21-11-4-12-22-35)38(57-47)31-53-28-34-19-9-3-10-20-34/h2-26,38-48H,27-32H2,1H3/t38-,39-,40-,41-,42-,43-,44+,45-,46-,47+,48?/m1/s1. The molecule has 1 unspecified atom stereocenters. The van der Waals surface area contributed by atoms with Crippen LogP contribution in [0.4, 0.5) is 4.79 Å². The van der Waals surface area contributed by atoms with Gasteiger partial charge in [-0.05, 0) is 22.3 Å². The van der Waals surface area contributed by atoms with Gasteiger partial charge in [0.25, 0.3) is 0 Å². The molecular weight excluding hydrogens is 779 g/mol. The van der Waals surface area contributed by atoms with Gasteiger partial charge < -0.3 is 47.4 Å². The smallest absolute Gasteiger partial charge is 0.411 e. The summed E-state index contributed by atoms with van der Waals surface area (Å²) in [6.07, 6.45) is -8.28. The third-order valence-electron chi connectivity index (χ3n) is 11.5. The van der Waals surface area contributed by atoms with E-state index in [-0.39, 0.29) is 33.0 Å². The third kappa shape index (κ3) is 9.74. The van der Waals surface area contributed by atoms with Gasteiger partial charge in [0, 0.05) is 19.2 Å². The fraction of sp³-hybridized carbons (Fsp3) is 0.367. The van der Waals surface area contributed by atoms with Crippen LogP contribution in [0.25, 0.3) is 0 Å². The lowest BCUT2D eigenvalue weighted by Crippen LogP contribution is -2.67. The Morgan fingerprint density at radius 1 is 0.590 bits per heavy atom. The number of fused-ring (bicyclic) bond motifs is 2. The van der Waals surface area contributed by atoms with E-state index in [0.29, 0.717) is 6.61 Å². The normalized spacial score (nSPS) is 29.7. The number of carbonyl (C=O) groups is 1. The van der Waals surface area contributed by atoms with Gasteiger partial charge >= 0.3 is 6.09 Å². The van der Waals surface area contributed by atoms with Crippen molar-refractivity contribution in [3.63, 3.8) is 0 Å². The van der Waals surface area contributed by atoms with Crippen LogP contribution in [0.2, 0.25) is 0 Å². The number of benzene rings is 5. The van der Waals surface area contributed by atoms with Gasteiger partial charge in [-0.1, -0.05) is 152 Å². The van der Waals surface area contributed by atoms with E-state index in [2.05, 4.69) is 0 Å². The number of ether oxygens (including phenoxy) is 10. The maximum absolute atomic E-state index is 14.2. The van der Waals surface area contributed by atoms with E-state index in [9.17, 15) is 4.79 Å². The number of methoxy groups -OCH3 is 1. The Morgan fingerprint density at radius 2 is 1.15 bits per heavy atom. The van der Waals surface area contributed by atoms with Crippen molar-refractivity contribution in [3.05, 3.63) is 179 Å². The lowest BCUT2D eigenvalue weighted by Gasteiger charge is -2.51. The van der Waals surface area contributed by atoms with E-state index in [0.717, 1.165) is 27.8 Å². The molecule has 12 heteroatoms. The predicted molar refractivity (Wildman–Crippen MR) is 221 cm³/mol. The van der Waals surface area contributed by atoms with Crippen LogP contribution in [0.3, 0.4) is 0 Å². The van der Waals surface area contributed by atoms with Crippen LogP contribution >= 0.6 is 0 Å². The van der Waals surface area contributed by atoms with E-state index in [4.69, 9.17) is 47.4 Å². The fourth-order valence-electron chi connectivity index (χ4n) is 8.46. The molecule has 61 heavy (non-hydrogen) atoms. The Labute approximate surface area is 356 Å². The fourth-order valence-corrected chi connectivity index (χ4v) is 8.46. The highest BCUT2D eigenvalue weighted by atomic mass is 16.8. The first-order valence-corrected chi connectivity index (χ1v) is 20.9. The summed E-state index contributed by atoms with van der Waals surface area (Å²) in [6, 6.07) is 48.5. The lowest BCUT2D eigenvalue weighted by atomic mass is 9.94. The van der Waals surface area contributed by atoms with Gasteiger partial charge in [-0.15, -0.1) is 0 Å². The third-order valence-corrected chi connectivity index (χ3v) is 11.5. The summed E-state index contributed by atoms with van der Waals surface area (Å²) >= 11 is 0. The molecule has 0 radical (unpaired) electrons. The Balaban J connectivity index is 1.07. The van der Waals surface area contributed by atoms with Crippen molar-refractivity contribution in [2.75, 3.05) is 20.3 Å². The molecule has 0 aliphatic carbocycles. The van der Waals surface area contributed by atoms with Crippen LogP contribution < -0.4 is 0 Å². The molecule has 0 aromatic heterocycles. The molecular formula is C49H51NO11. The zero-order valence-corrected chi connectivity index (χ0v) is 34.0. The van der Waals surface area contributed by atoms with Crippen molar-refractivity contribution >= 4 is 6.09 Å². The van der Waals surface area contributed by atoms with Crippen LogP contribution in [0.1, 0.15) is 34.1 Å². The van der Waals surface area contributed by atoms with Crippen molar-refractivity contribution in [2.24, 2.45) is 0 Å². The highest BCUT2D eigenvalue weighted by Crippen LogP contribution is 2.42. The number of hydrogen-bond acceptors (Lipinski definition) is 11. The van der Waals surface area contributed by atoms with Gasteiger partial charge in [0.1, 0.15) is 42.7 Å². The van der Waals surface area contributed by atoms with Crippen molar-refractivity contribution in [1.29, 1.82) is 0 Å². The van der Waals surface area contributed by atoms with E-state index < -0.39 is 73.7 Å². The first-order chi connectivity index (χ1) is 30.1. The minimum atomic E-state index is -1.06. The molecule has 0 N–H and O–H groups in total. The maximum Gasteiger partial charge on any atom is 0.411 e. The molecule has 0 spiro atoms. The molecule has 4 fully saturated rings. The number of hydrogen-bond donors (Lipinski definition) is 0. The van der Waals surface area contributed by atoms with Crippen LogP contribution in [0.5, 0.6) is 0 Å². The second-order valence-electron chi connectivity index (χ2n) is 15.6. The summed E-state index contributed by atoms with van der Waals surface area (Å²) in [7, 11) is 1.57. The quantitative estimate of drug-likeness (QED) is 0.0995. The Bertz CT molecular complexity index is 2090. The summed E-state index contributed by atoms with van der Waals surface area (Å²) in [4.78, 5) is 15.8. The van der Waals surface area contributed by atoms with Crippen molar-refractivity contribution in [2.45, 2.75) is 94.0 Å². The highest BCUT2D eigenvalue weighted by molar-refractivity contribution is 5.71. The van der Waals surface area contributed by atoms with Crippen molar-refractivity contribution < 1.29 is 52.2 Å². The highest BCUT2D eigenvalue weighted by Gasteiger charge is 2.60. The summed E-state index contributed by atoms with van der Waals surface area (Å²) in [5.41, 5.74) is 4.70. The van der Waals surface area contributed by atoms with Crippen molar-refractivity contribution in [3.8, 4) is 0 Å². The summed E-state index contributed by atoms with van der Waals surface area (Å²) in [5, 5.41) is 0. The van der Waals surface area contributed by atoms with E-state index in [1.54, 1.807) is 12.0 Å². The van der Waals surface area contributed by atoms with Gasteiger partial charge in [0.05, 0.1) is 33.0 Å². The summed E-state index contributed by atoms with van der Waals surface area (Å²) in [5.74, 6) is 0. The monoisotopic (exact) mass is 829 g/mol. The molecule has 9 rings (SSSR count). The first-order valence-electron chi connectivity index (χ1n) is 20.9. The molecule has 4 heterocycles. The molecule has 4 saturated heterocycles. The molecule has 1 amide bonds. The topological polar surface area (TPSA) is 113 Å². The second-order valence-corrected chi connectivity index (χ2v) is 15.6. The van der Waals surface area contributed by atoms with Gasteiger partial charge in [-0.2, -0.15) is 0 Å². The first kappa shape index (κ1) is 41.4. The number of amides is 1. The van der Waals surface area contributed by atoms with E-state index in [1.165, 1.54) is 0 Å². The van der Waals surface area contributed by atoms with Crippen LogP contribution in [-0.4, -0.2) is 92.7 Å². The molecule has 318 valence electrons. The number of carbonyl (C=O) groups excluding carboxylic acids is 1. The molecule has 12 nitrogen and oxygen atoms in total. The SMILES string of the molecule is COC1O[C@@H]2CO[C@@H](c3ccccc3)O[C@H]2[C@H](O[C@@H]2O[C@H](COCc3ccccc3)[C@@H](OCc3ccccc3)[C@@H]3OC(=O)N(Cc4ccccc4)[C@@H]23)[C@H]1OCc1ccccc1. The summed E-state index contributed by atoms with van der Waals surface area (Å²) in [6.45, 7) is 1.44. The van der Waals surface area contributed by atoms with Gasteiger partial charge in [-0.3, -0.25) is 4.90 Å². The van der Waals surface area contributed by atoms with E-state index >= 15 is 0 Å². The Kier molecular flexibility index (Phi) is 13.4. The molecule has 0 saturated carbocycles. The average molecular weight is 830 g/mol. The molecule has 5 aromatic rings. The second kappa shape index (κ2) is 19.8. The molecule has 5 aromatic carbocycles. The van der Waals surface area contributed by atoms with E-state index in [1.807, 2.05) is 152 Å². The molecule has 11 atom stereocenters. The minimum absolute atomic E-state index is 0.128. The van der Waals surface area contributed by atoms with Crippen LogP contribution in [-0.2, 0) is 73.7 Å². The summed E-state index contributed by atoms with van der Waals surface area (Å²) < 4.78 is 65.9. The lowest BCUT2D eigenvalue weighted by molar-refractivity contribution is -0.390. The molecule has 4 aliphatic rings. The largest absolute Gasteiger partial charge is 0.441 e. The van der Waals surface area contributed by atoms with Crippen LogP contribution in [0.15, 0.2) is 152 Å². The predicted octanol–water partition coefficient (Wildman–Crippen LogP) is 7.36. The zero-order chi connectivity index (χ0) is 41.4. The van der Waals surface area contributed by atoms with Gasteiger partial charge in [0.2, 0.25) is 0 Å². The zero-order valence-electron chi connectivity index (χ0n) is 34.0. The Hall–Kier alpha value is -4.99. The minimum Gasteiger partial charge on any atom is -0.441 e. The number of rotatable bonds is 16. The van der Waals surface area contributed by atoms with Crippen molar-refractivity contribution in [1.82, 2.24) is 4.90 Å². The molecule has 0 bridgehead atoms. The maximum atomic E-state index is 14.2.